The Balaban J connectivity index is 2.77. The summed E-state index contributed by atoms with van der Waals surface area (Å²) in [5.41, 5.74) is -0.431. The van der Waals surface area contributed by atoms with Gasteiger partial charge < -0.3 is 15.2 Å². The molecule has 2 N–H and O–H groups in total. The van der Waals surface area contributed by atoms with Crippen molar-refractivity contribution >= 4 is 21.8 Å². The first-order valence-corrected chi connectivity index (χ1v) is 7.45. The molecule has 20 heavy (non-hydrogen) atoms. The molecular formula is C15H22BrNO3. The van der Waals surface area contributed by atoms with Gasteiger partial charge in [-0.1, -0.05) is 20.3 Å². The van der Waals surface area contributed by atoms with E-state index in [0.29, 0.717) is 15.8 Å². The van der Waals surface area contributed by atoms with Gasteiger partial charge in [0.05, 0.1) is 18.3 Å². The maximum absolute atomic E-state index is 12.2. The average molecular weight is 344 g/mol. The van der Waals surface area contributed by atoms with Crippen LogP contribution < -0.4 is 10.1 Å². The fourth-order valence-corrected chi connectivity index (χ4v) is 2.20. The van der Waals surface area contributed by atoms with E-state index in [9.17, 15) is 9.90 Å². The van der Waals surface area contributed by atoms with Crippen LogP contribution in [0.25, 0.3) is 0 Å². The van der Waals surface area contributed by atoms with E-state index in [1.807, 2.05) is 13.8 Å². The first-order valence-electron chi connectivity index (χ1n) is 6.66. The molecule has 0 aliphatic heterocycles. The fourth-order valence-electron chi connectivity index (χ4n) is 1.77. The SMILES string of the molecule is CCC(C)C(C)(O)CNC(=O)c1cc(OC)ccc1Br. The Labute approximate surface area is 128 Å². The van der Waals surface area contributed by atoms with Crippen LogP contribution in [0.1, 0.15) is 37.6 Å². The zero-order valence-electron chi connectivity index (χ0n) is 12.4. The maximum Gasteiger partial charge on any atom is 0.252 e. The predicted molar refractivity (Wildman–Crippen MR) is 83.1 cm³/mol. The van der Waals surface area contributed by atoms with Gasteiger partial charge in [0.25, 0.3) is 5.91 Å². The summed E-state index contributed by atoms with van der Waals surface area (Å²) in [5, 5.41) is 13.1. The van der Waals surface area contributed by atoms with Gasteiger partial charge in [-0.05, 0) is 47.0 Å². The van der Waals surface area contributed by atoms with Gasteiger partial charge in [-0.2, -0.15) is 0 Å². The van der Waals surface area contributed by atoms with Crippen molar-refractivity contribution in [3.63, 3.8) is 0 Å². The normalized spacial score (nSPS) is 15.3. The molecule has 0 spiro atoms. The van der Waals surface area contributed by atoms with Crippen molar-refractivity contribution in [3.8, 4) is 5.75 Å². The van der Waals surface area contributed by atoms with E-state index in [4.69, 9.17) is 4.74 Å². The van der Waals surface area contributed by atoms with Crippen LogP contribution in [-0.2, 0) is 0 Å². The molecule has 0 aliphatic carbocycles. The molecule has 0 bridgehead atoms. The average Bonchev–Trinajstić information content (AvgIpc) is 2.44. The Bertz CT molecular complexity index is 474. The van der Waals surface area contributed by atoms with Crippen LogP contribution in [0.3, 0.4) is 0 Å². The summed E-state index contributed by atoms with van der Waals surface area (Å²) in [4.78, 5) is 12.2. The Kier molecular flexibility index (Phi) is 6.02. The second-order valence-corrected chi connectivity index (χ2v) is 6.05. The Hall–Kier alpha value is -1.07. The van der Waals surface area contributed by atoms with Crippen LogP contribution in [0.15, 0.2) is 22.7 Å². The minimum absolute atomic E-state index is 0.108. The first kappa shape index (κ1) is 17.0. The smallest absolute Gasteiger partial charge is 0.252 e. The Morgan fingerprint density at radius 2 is 2.20 bits per heavy atom. The summed E-state index contributed by atoms with van der Waals surface area (Å²) in [6.45, 7) is 5.93. The quantitative estimate of drug-likeness (QED) is 0.834. The third kappa shape index (κ3) is 4.21. The second-order valence-electron chi connectivity index (χ2n) is 5.19. The van der Waals surface area contributed by atoms with Gasteiger partial charge in [-0.3, -0.25) is 4.79 Å². The molecule has 1 aromatic carbocycles. The Morgan fingerprint density at radius 1 is 1.55 bits per heavy atom. The van der Waals surface area contributed by atoms with Crippen molar-refractivity contribution in [2.45, 2.75) is 32.8 Å². The highest BCUT2D eigenvalue weighted by molar-refractivity contribution is 9.10. The van der Waals surface area contributed by atoms with Crippen molar-refractivity contribution in [1.82, 2.24) is 5.32 Å². The number of ether oxygens (including phenoxy) is 1. The maximum atomic E-state index is 12.2. The molecule has 0 heterocycles. The lowest BCUT2D eigenvalue weighted by atomic mass is 9.88. The molecule has 0 radical (unpaired) electrons. The third-order valence-electron chi connectivity index (χ3n) is 3.70. The summed E-state index contributed by atoms with van der Waals surface area (Å²) in [7, 11) is 1.55. The summed E-state index contributed by atoms with van der Waals surface area (Å²) in [5.74, 6) is 0.489. The van der Waals surface area contributed by atoms with Crippen molar-refractivity contribution in [3.05, 3.63) is 28.2 Å². The number of nitrogens with one attached hydrogen (secondary N) is 1. The van der Waals surface area contributed by atoms with Gasteiger partial charge in [0.2, 0.25) is 0 Å². The summed E-state index contributed by atoms with van der Waals surface area (Å²) in [6.07, 6.45) is 0.853. The molecule has 0 aromatic heterocycles. The molecule has 5 heteroatoms. The molecule has 0 aliphatic rings. The molecule has 4 nitrogen and oxygen atoms in total. The zero-order chi connectivity index (χ0) is 15.3. The number of aliphatic hydroxyl groups is 1. The first-order chi connectivity index (χ1) is 9.31. The van der Waals surface area contributed by atoms with E-state index >= 15 is 0 Å². The zero-order valence-corrected chi connectivity index (χ0v) is 14.0. The number of rotatable bonds is 6. The summed E-state index contributed by atoms with van der Waals surface area (Å²) >= 11 is 3.34. The van der Waals surface area contributed by atoms with Gasteiger partial charge in [0.1, 0.15) is 5.75 Å². The number of benzene rings is 1. The monoisotopic (exact) mass is 343 g/mol. The lowest BCUT2D eigenvalue weighted by molar-refractivity contribution is 0.00592. The molecule has 2 unspecified atom stereocenters. The number of amides is 1. The van der Waals surface area contributed by atoms with E-state index in [0.717, 1.165) is 6.42 Å². The van der Waals surface area contributed by atoms with Crippen LogP contribution in [0.2, 0.25) is 0 Å². The molecule has 2 atom stereocenters. The van der Waals surface area contributed by atoms with Crippen molar-refractivity contribution in [2.75, 3.05) is 13.7 Å². The fraction of sp³-hybridized carbons (Fsp3) is 0.533. The number of carbonyl (C=O) groups excluding carboxylic acids is 1. The van der Waals surface area contributed by atoms with E-state index in [-0.39, 0.29) is 18.4 Å². The summed E-state index contributed by atoms with van der Waals surface area (Å²) < 4.78 is 5.80. The minimum Gasteiger partial charge on any atom is -0.497 e. The van der Waals surface area contributed by atoms with Gasteiger partial charge >= 0.3 is 0 Å². The van der Waals surface area contributed by atoms with Crippen molar-refractivity contribution < 1.29 is 14.6 Å². The van der Waals surface area contributed by atoms with Gasteiger partial charge in [-0.25, -0.2) is 0 Å². The van der Waals surface area contributed by atoms with Gasteiger partial charge in [0, 0.05) is 11.0 Å². The molecule has 1 rings (SSSR count). The second kappa shape index (κ2) is 7.09. The molecule has 112 valence electrons. The number of methoxy groups -OCH3 is 1. The van der Waals surface area contributed by atoms with E-state index < -0.39 is 5.60 Å². The van der Waals surface area contributed by atoms with Crippen molar-refractivity contribution in [2.24, 2.45) is 5.92 Å². The molecule has 1 amide bonds. The highest BCUT2D eigenvalue weighted by Crippen LogP contribution is 2.23. The van der Waals surface area contributed by atoms with Gasteiger partial charge in [-0.15, -0.1) is 0 Å². The largest absolute Gasteiger partial charge is 0.497 e. The topological polar surface area (TPSA) is 58.6 Å². The lowest BCUT2D eigenvalue weighted by Gasteiger charge is -2.29. The lowest BCUT2D eigenvalue weighted by Crippen LogP contribution is -2.45. The number of hydrogen-bond acceptors (Lipinski definition) is 3. The summed E-state index contributed by atoms with van der Waals surface area (Å²) in [6, 6.07) is 5.20. The van der Waals surface area contributed by atoms with E-state index in [1.165, 1.54) is 0 Å². The van der Waals surface area contributed by atoms with E-state index in [1.54, 1.807) is 32.2 Å². The number of halogens is 1. The predicted octanol–water partition coefficient (Wildman–Crippen LogP) is 2.98. The van der Waals surface area contributed by atoms with Crippen LogP contribution >= 0.6 is 15.9 Å². The van der Waals surface area contributed by atoms with Crippen LogP contribution in [0.4, 0.5) is 0 Å². The Morgan fingerprint density at radius 3 is 2.75 bits per heavy atom. The molecule has 0 saturated carbocycles. The third-order valence-corrected chi connectivity index (χ3v) is 4.39. The van der Waals surface area contributed by atoms with Crippen molar-refractivity contribution in [1.29, 1.82) is 0 Å². The highest BCUT2D eigenvalue weighted by atomic mass is 79.9. The minimum atomic E-state index is -0.921. The molecule has 0 fully saturated rings. The number of hydrogen-bond donors (Lipinski definition) is 2. The standard InChI is InChI=1S/C15H22BrNO3/c1-5-10(2)15(3,19)9-17-14(18)12-8-11(20-4)6-7-13(12)16/h6-8,10,19H,5,9H2,1-4H3,(H,17,18). The molecule has 0 saturated heterocycles. The van der Waals surface area contributed by atoms with Crippen LogP contribution in [0, 0.1) is 5.92 Å². The van der Waals surface area contributed by atoms with E-state index in [2.05, 4.69) is 21.2 Å². The number of carbonyl (C=O) groups is 1. The molecular weight excluding hydrogens is 322 g/mol. The van der Waals surface area contributed by atoms with Gasteiger partial charge in [0.15, 0.2) is 0 Å². The van der Waals surface area contributed by atoms with Crippen LogP contribution in [-0.4, -0.2) is 30.3 Å². The van der Waals surface area contributed by atoms with Crippen LogP contribution in [0.5, 0.6) is 5.75 Å². The molecule has 1 aromatic rings. The highest BCUT2D eigenvalue weighted by Gasteiger charge is 2.27.